The zero-order valence-electron chi connectivity index (χ0n) is 6.84. The summed E-state index contributed by atoms with van der Waals surface area (Å²) < 4.78 is 0. The molecule has 0 aromatic carbocycles. The molecule has 2 N–H and O–H groups in total. The maximum atomic E-state index is 10.1. The zero-order valence-corrected chi connectivity index (χ0v) is 6.84. The summed E-state index contributed by atoms with van der Waals surface area (Å²) in [5, 5.41) is 0. The van der Waals surface area contributed by atoms with E-state index in [2.05, 4.69) is 13.8 Å². The average molecular weight is 143 g/mol. The minimum Gasteiger partial charge on any atom is -0.322 e. The monoisotopic (exact) mass is 143 g/mol. The summed E-state index contributed by atoms with van der Waals surface area (Å²) in [5.41, 5.74) is 5.39. The van der Waals surface area contributed by atoms with Crippen molar-refractivity contribution < 1.29 is 4.79 Å². The summed E-state index contributed by atoms with van der Waals surface area (Å²) in [7, 11) is 0. The molecule has 0 bridgehead atoms. The molecule has 0 heterocycles. The number of rotatable bonds is 5. The molecule has 0 radical (unpaired) electrons. The van der Waals surface area contributed by atoms with Gasteiger partial charge in [-0.1, -0.05) is 26.7 Å². The van der Waals surface area contributed by atoms with E-state index in [9.17, 15) is 4.79 Å². The topological polar surface area (TPSA) is 43.1 Å². The fraction of sp³-hybridized carbons (Fsp3) is 0.875. The van der Waals surface area contributed by atoms with Gasteiger partial charge in [0, 0.05) is 0 Å². The van der Waals surface area contributed by atoms with E-state index in [-0.39, 0.29) is 6.04 Å². The summed E-state index contributed by atoms with van der Waals surface area (Å²) >= 11 is 0. The van der Waals surface area contributed by atoms with Crippen LogP contribution in [0.3, 0.4) is 0 Å². The lowest BCUT2D eigenvalue weighted by Crippen LogP contribution is -2.20. The largest absolute Gasteiger partial charge is 0.322 e. The second-order valence-corrected chi connectivity index (χ2v) is 3.12. The Morgan fingerprint density at radius 3 is 2.40 bits per heavy atom. The van der Waals surface area contributed by atoms with Crippen LogP contribution in [0.4, 0.5) is 0 Å². The molecule has 0 fully saturated rings. The highest BCUT2D eigenvalue weighted by Crippen LogP contribution is 2.06. The highest BCUT2D eigenvalue weighted by Gasteiger charge is 1.99. The maximum Gasteiger partial charge on any atom is 0.136 e. The lowest BCUT2D eigenvalue weighted by atomic mass is 10.0. The Morgan fingerprint density at radius 1 is 1.40 bits per heavy atom. The fourth-order valence-electron chi connectivity index (χ4n) is 0.830. The molecule has 0 amide bonds. The number of nitrogens with two attached hydrogens (primary N) is 1. The van der Waals surface area contributed by atoms with Crippen molar-refractivity contribution in [3.05, 3.63) is 0 Å². The second kappa shape index (κ2) is 5.42. The number of carbonyl (C=O) groups is 1. The SMILES string of the molecule is CC(C)CCCC(N)C=O. The van der Waals surface area contributed by atoms with E-state index in [0.29, 0.717) is 0 Å². The Bertz CT molecular complexity index is 91.3. The first-order chi connectivity index (χ1) is 4.66. The third-order valence-corrected chi connectivity index (χ3v) is 1.49. The normalized spacial score (nSPS) is 13.6. The van der Waals surface area contributed by atoms with Crippen LogP contribution in [0, 0.1) is 5.92 Å². The van der Waals surface area contributed by atoms with Gasteiger partial charge in [-0.2, -0.15) is 0 Å². The summed E-state index contributed by atoms with van der Waals surface area (Å²) in [5.74, 6) is 0.721. The van der Waals surface area contributed by atoms with Crippen LogP contribution in [0.25, 0.3) is 0 Å². The van der Waals surface area contributed by atoms with Gasteiger partial charge in [0.1, 0.15) is 6.29 Å². The predicted molar refractivity (Wildman–Crippen MR) is 42.7 cm³/mol. The predicted octanol–water partition coefficient (Wildman–Crippen LogP) is 1.34. The fourth-order valence-corrected chi connectivity index (χ4v) is 0.830. The van der Waals surface area contributed by atoms with Crippen LogP contribution in [0.5, 0.6) is 0 Å². The molecule has 0 aliphatic rings. The average Bonchev–Trinajstić information content (AvgIpc) is 1.87. The summed E-state index contributed by atoms with van der Waals surface area (Å²) in [6.07, 6.45) is 3.89. The molecule has 2 nitrogen and oxygen atoms in total. The van der Waals surface area contributed by atoms with Crippen molar-refractivity contribution in [3.63, 3.8) is 0 Å². The van der Waals surface area contributed by atoms with Gasteiger partial charge in [0.25, 0.3) is 0 Å². The van der Waals surface area contributed by atoms with Crippen molar-refractivity contribution in [2.24, 2.45) is 11.7 Å². The molecule has 60 valence electrons. The molecule has 1 unspecified atom stereocenters. The van der Waals surface area contributed by atoms with Gasteiger partial charge in [0.05, 0.1) is 6.04 Å². The van der Waals surface area contributed by atoms with E-state index in [4.69, 9.17) is 5.73 Å². The Labute approximate surface area is 62.8 Å². The van der Waals surface area contributed by atoms with Crippen LogP contribution < -0.4 is 5.73 Å². The quantitative estimate of drug-likeness (QED) is 0.590. The highest BCUT2D eigenvalue weighted by molar-refractivity contribution is 5.56. The molecular weight excluding hydrogens is 126 g/mol. The Balaban J connectivity index is 3.11. The third-order valence-electron chi connectivity index (χ3n) is 1.49. The van der Waals surface area contributed by atoms with E-state index in [1.165, 1.54) is 6.42 Å². The van der Waals surface area contributed by atoms with Gasteiger partial charge < -0.3 is 10.5 Å². The van der Waals surface area contributed by atoms with Crippen molar-refractivity contribution in [2.75, 3.05) is 0 Å². The van der Waals surface area contributed by atoms with Crippen molar-refractivity contribution >= 4 is 6.29 Å². The molecular formula is C8H17NO. The molecule has 2 heteroatoms. The van der Waals surface area contributed by atoms with Gasteiger partial charge in [-0.25, -0.2) is 0 Å². The second-order valence-electron chi connectivity index (χ2n) is 3.12. The van der Waals surface area contributed by atoms with Crippen LogP contribution in [0.2, 0.25) is 0 Å². The van der Waals surface area contributed by atoms with Crippen LogP contribution in [-0.2, 0) is 4.79 Å². The number of hydrogen-bond donors (Lipinski definition) is 1. The number of hydrogen-bond acceptors (Lipinski definition) is 2. The molecule has 0 aliphatic heterocycles. The van der Waals surface area contributed by atoms with Crippen LogP contribution in [0.15, 0.2) is 0 Å². The van der Waals surface area contributed by atoms with Gasteiger partial charge in [0.15, 0.2) is 0 Å². The summed E-state index contributed by atoms with van der Waals surface area (Å²) in [6.45, 7) is 4.35. The first-order valence-electron chi connectivity index (χ1n) is 3.87. The van der Waals surface area contributed by atoms with Crippen molar-refractivity contribution in [2.45, 2.75) is 39.2 Å². The molecule has 0 aromatic heterocycles. The van der Waals surface area contributed by atoms with Gasteiger partial charge in [-0.3, -0.25) is 0 Å². The van der Waals surface area contributed by atoms with E-state index >= 15 is 0 Å². The molecule has 0 aliphatic carbocycles. The molecule has 0 saturated carbocycles. The lowest BCUT2D eigenvalue weighted by molar-refractivity contribution is -0.109. The minimum absolute atomic E-state index is 0.237. The van der Waals surface area contributed by atoms with Crippen LogP contribution in [0.1, 0.15) is 33.1 Å². The highest BCUT2D eigenvalue weighted by atomic mass is 16.1. The molecule has 0 saturated heterocycles. The molecule has 0 spiro atoms. The summed E-state index contributed by atoms with van der Waals surface area (Å²) in [4.78, 5) is 10.1. The molecule has 0 rings (SSSR count). The Hall–Kier alpha value is -0.370. The standard InChI is InChI=1S/C8H17NO/c1-7(2)4-3-5-8(9)6-10/h6-8H,3-5,9H2,1-2H3. The molecule has 0 aromatic rings. The van der Waals surface area contributed by atoms with Crippen LogP contribution >= 0.6 is 0 Å². The number of aldehydes is 1. The molecule has 1 atom stereocenters. The Morgan fingerprint density at radius 2 is 2.00 bits per heavy atom. The van der Waals surface area contributed by atoms with Crippen molar-refractivity contribution in [1.29, 1.82) is 0 Å². The number of carbonyl (C=O) groups excluding carboxylic acids is 1. The van der Waals surface area contributed by atoms with Crippen LogP contribution in [-0.4, -0.2) is 12.3 Å². The van der Waals surface area contributed by atoms with Crippen molar-refractivity contribution in [1.82, 2.24) is 0 Å². The van der Waals surface area contributed by atoms with Gasteiger partial charge in [0.2, 0.25) is 0 Å². The van der Waals surface area contributed by atoms with E-state index < -0.39 is 0 Å². The van der Waals surface area contributed by atoms with E-state index in [1.54, 1.807) is 0 Å². The lowest BCUT2D eigenvalue weighted by Gasteiger charge is -2.05. The van der Waals surface area contributed by atoms with Gasteiger partial charge in [-0.05, 0) is 12.3 Å². The van der Waals surface area contributed by atoms with E-state index in [1.807, 2.05) is 0 Å². The third kappa shape index (κ3) is 5.76. The van der Waals surface area contributed by atoms with Crippen molar-refractivity contribution in [3.8, 4) is 0 Å². The van der Waals surface area contributed by atoms with Gasteiger partial charge in [-0.15, -0.1) is 0 Å². The first-order valence-corrected chi connectivity index (χ1v) is 3.87. The smallest absolute Gasteiger partial charge is 0.136 e. The van der Waals surface area contributed by atoms with E-state index in [0.717, 1.165) is 25.0 Å². The Kier molecular flexibility index (Phi) is 5.22. The molecule has 10 heavy (non-hydrogen) atoms. The zero-order chi connectivity index (χ0) is 7.98. The maximum absolute atomic E-state index is 10.1. The summed E-state index contributed by atoms with van der Waals surface area (Å²) in [6, 6.07) is -0.237. The first kappa shape index (κ1) is 9.63. The minimum atomic E-state index is -0.237. The van der Waals surface area contributed by atoms with Gasteiger partial charge >= 0.3 is 0 Å².